The zero-order chi connectivity index (χ0) is 36.7. The molecule has 51 heavy (non-hydrogen) atoms. The summed E-state index contributed by atoms with van der Waals surface area (Å²) >= 11 is 0. The molecule has 1 saturated carbocycles. The van der Waals surface area contributed by atoms with Gasteiger partial charge in [0.2, 0.25) is 12.7 Å². The van der Waals surface area contributed by atoms with Crippen LogP contribution in [0.5, 0.6) is 5.88 Å². The Morgan fingerprint density at radius 1 is 1.02 bits per heavy atom. The number of hydrogen-bond donors (Lipinski definition) is 0. The highest BCUT2D eigenvalue weighted by atomic mass is 31.2. The maximum atomic E-state index is 14.0. The van der Waals surface area contributed by atoms with Crippen LogP contribution in [0.2, 0.25) is 0 Å². The summed E-state index contributed by atoms with van der Waals surface area (Å²) in [5.41, 5.74) is 1.85. The molecule has 1 atom stereocenters. The molecule has 11 nitrogen and oxygen atoms in total. The van der Waals surface area contributed by atoms with Crippen molar-refractivity contribution in [3.05, 3.63) is 54.1 Å². The van der Waals surface area contributed by atoms with Crippen LogP contribution in [-0.2, 0) is 32.4 Å². The van der Waals surface area contributed by atoms with Crippen LogP contribution in [0.1, 0.15) is 105 Å². The van der Waals surface area contributed by atoms with Gasteiger partial charge in [-0.15, -0.1) is 0 Å². The van der Waals surface area contributed by atoms with E-state index in [1.807, 2.05) is 10.9 Å². The molecule has 0 amide bonds. The van der Waals surface area contributed by atoms with Crippen LogP contribution in [0.15, 0.2) is 42.6 Å². The van der Waals surface area contributed by atoms with E-state index in [1.165, 1.54) is 12.1 Å². The molecule has 1 aliphatic heterocycles. The van der Waals surface area contributed by atoms with Gasteiger partial charge in [-0.3, -0.25) is 13.8 Å². The predicted molar refractivity (Wildman–Crippen MR) is 192 cm³/mol. The molecule has 276 valence electrons. The summed E-state index contributed by atoms with van der Waals surface area (Å²) in [5.74, 6) is -0.753. The van der Waals surface area contributed by atoms with Crippen molar-refractivity contribution in [2.24, 2.45) is 5.92 Å². The number of hydrogen-bond acceptors (Lipinski definition) is 10. The van der Waals surface area contributed by atoms with Crippen LogP contribution >= 0.6 is 7.82 Å². The highest BCUT2D eigenvalue weighted by molar-refractivity contribution is 7.48. The zero-order valence-corrected chi connectivity index (χ0v) is 31.6. The summed E-state index contributed by atoms with van der Waals surface area (Å²) in [7, 11) is -4.03. The van der Waals surface area contributed by atoms with Gasteiger partial charge in [0.1, 0.15) is 11.9 Å². The third-order valence-corrected chi connectivity index (χ3v) is 10.7. The minimum absolute atomic E-state index is 0.0236. The highest BCUT2D eigenvalue weighted by Crippen LogP contribution is 2.55. The first-order valence-corrected chi connectivity index (χ1v) is 19.2. The molecule has 0 bridgehead atoms. The number of rotatable bonds is 11. The van der Waals surface area contributed by atoms with Gasteiger partial charge in [-0.1, -0.05) is 26.0 Å². The summed E-state index contributed by atoms with van der Waals surface area (Å²) in [6, 6.07) is 10.6. The van der Waals surface area contributed by atoms with E-state index in [0.29, 0.717) is 25.3 Å². The fourth-order valence-electron chi connectivity index (χ4n) is 6.44. The van der Waals surface area contributed by atoms with E-state index in [9.17, 15) is 13.8 Å². The molecule has 3 heterocycles. The first kappa shape index (κ1) is 37.4. The molecule has 0 spiro atoms. The van der Waals surface area contributed by atoms with Gasteiger partial charge in [-0.25, -0.2) is 23.1 Å². The Morgan fingerprint density at radius 2 is 1.71 bits per heavy atom. The van der Waals surface area contributed by atoms with E-state index in [2.05, 4.69) is 26.0 Å². The van der Waals surface area contributed by atoms with E-state index < -0.39 is 37.7 Å². The van der Waals surface area contributed by atoms with Gasteiger partial charge < -0.3 is 14.2 Å². The highest BCUT2D eigenvalue weighted by Gasteiger charge is 2.40. The van der Waals surface area contributed by atoms with Crippen molar-refractivity contribution in [2.45, 2.75) is 117 Å². The second kappa shape index (κ2) is 14.5. The Kier molecular flexibility index (Phi) is 10.7. The molecular weight excluding hydrogens is 676 g/mol. The SMILES string of the molecule is CC(C)c1nc(O[C@H]2C[C@H](C(=O)OCOP(=O)(OC(C)(C)C)OC(C)(C)C)C2)c2cc3c(cnn3C3CCCCO3)cc2c1-c1ccc(F)cc1. The second-order valence-corrected chi connectivity index (χ2v) is 17.2. The van der Waals surface area contributed by atoms with Crippen LogP contribution in [0.25, 0.3) is 32.8 Å². The maximum Gasteiger partial charge on any atom is 0.478 e. The number of carbonyl (C=O) groups excluding carboxylic acids is 1. The van der Waals surface area contributed by atoms with Gasteiger partial charge >= 0.3 is 13.8 Å². The van der Waals surface area contributed by atoms with E-state index in [-0.39, 0.29) is 24.1 Å². The number of phosphoric acid groups is 1. The standard InChI is InChI=1S/C38H49FN3O8P/c1-23(2)34-33(24-12-14-27(39)15-13-24)29-19-26-21-40-42(32-11-9-10-16-45-32)31(26)20-30(29)35(41-34)48-28-17-25(18-28)36(43)46-22-47-51(44,49-37(3,4)5)50-38(6,7)8/h12-15,19-21,23,25,28,32H,9-11,16-18,22H2,1-8H3/t25-,28-,32?. The second-order valence-electron chi connectivity index (χ2n) is 15.7. The lowest BCUT2D eigenvalue weighted by Gasteiger charge is -2.34. The van der Waals surface area contributed by atoms with Crippen molar-refractivity contribution in [1.29, 1.82) is 0 Å². The lowest BCUT2D eigenvalue weighted by molar-refractivity contribution is -0.163. The van der Waals surface area contributed by atoms with Crippen molar-refractivity contribution < 1.29 is 41.5 Å². The summed E-state index contributed by atoms with van der Waals surface area (Å²) < 4.78 is 63.9. The Morgan fingerprint density at radius 3 is 2.31 bits per heavy atom. The first-order chi connectivity index (χ1) is 24.0. The Hall–Kier alpha value is -3.41. The van der Waals surface area contributed by atoms with E-state index >= 15 is 0 Å². The molecule has 2 aromatic carbocycles. The average Bonchev–Trinajstić information content (AvgIpc) is 3.43. The molecule has 0 N–H and O–H groups in total. The van der Waals surface area contributed by atoms with Gasteiger partial charge in [0.25, 0.3) is 0 Å². The number of ether oxygens (including phenoxy) is 3. The van der Waals surface area contributed by atoms with Gasteiger partial charge in [-0.05, 0) is 115 Å². The number of esters is 1. The molecule has 1 saturated heterocycles. The Labute approximate surface area is 298 Å². The molecule has 2 fully saturated rings. The number of benzene rings is 2. The molecule has 13 heteroatoms. The number of nitrogens with zero attached hydrogens (tertiary/aromatic N) is 3. The van der Waals surface area contributed by atoms with Gasteiger partial charge in [-0.2, -0.15) is 5.10 Å². The maximum absolute atomic E-state index is 14.0. The third kappa shape index (κ3) is 8.80. The summed E-state index contributed by atoms with van der Waals surface area (Å²) in [6.07, 6.45) is 5.18. The largest absolute Gasteiger partial charge is 0.478 e. The van der Waals surface area contributed by atoms with Crippen LogP contribution in [0, 0.1) is 11.7 Å². The number of aromatic nitrogens is 3. The topological polar surface area (TPSA) is 120 Å². The molecule has 1 unspecified atom stereocenters. The molecular formula is C38H49FN3O8P. The number of phosphoric ester groups is 1. The van der Waals surface area contributed by atoms with Crippen molar-refractivity contribution in [3.8, 4) is 17.0 Å². The van der Waals surface area contributed by atoms with E-state index in [1.54, 1.807) is 53.7 Å². The quantitative estimate of drug-likeness (QED) is 0.0840. The Balaban J connectivity index is 1.24. The number of carbonyl (C=O) groups is 1. The number of halogens is 1. The van der Waals surface area contributed by atoms with E-state index in [0.717, 1.165) is 57.8 Å². The molecule has 4 aromatic rings. The minimum atomic E-state index is -4.03. The fraction of sp³-hybridized carbons (Fsp3) is 0.553. The normalized spacial score (nSPS) is 20.2. The number of fused-ring (bicyclic) bond motifs is 2. The van der Waals surface area contributed by atoms with Crippen molar-refractivity contribution in [3.63, 3.8) is 0 Å². The van der Waals surface area contributed by atoms with Crippen LogP contribution < -0.4 is 4.74 Å². The number of pyridine rings is 1. The lowest BCUT2D eigenvalue weighted by Crippen LogP contribution is -2.39. The van der Waals surface area contributed by atoms with Gasteiger partial charge in [0.15, 0.2) is 6.23 Å². The van der Waals surface area contributed by atoms with Gasteiger partial charge in [0.05, 0.1) is 34.5 Å². The minimum Gasteiger partial charge on any atom is -0.474 e. The molecule has 2 aromatic heterocycles. The zero-order valence-electron chi connectivity index (χ0n) is 30.7. The summed E-state index contributed by atoms with van der Waals surface area (Å²) in [5, 5.41) is 7.37. The smallest absolute Gasteiger partial charge is 0.474 e. The van der Waals surface area contributed by atoms with Crippen LogP contribution in [-0.4, -0.2) is 51.4 Å². The molecule has 1 aliphatic carbocycles. The molecule has 0 radical (unpaired) electrons. The molecule has 2 aliphatic rings. The van der Waals surface area contributed by atoms with E-state index in [4.69, 9.17) is 37.9 Å². The van der Waals surface area contributed by atoms with Crippen molar-refractivity contribution in [1.82, 2.24) is 14.8 Å². The fourth-order valence-corrected chi connectivity index (χ4v) is 8.10. The summed E-state index contributed by atoms with van der Waals surface area (Å²) in [6.45, 7) is 14.6. The van der Waals surface area contributed by atoms with Crippen LogP contribution in [0.3, 0.4) is 0 Å². The van der Waals surface area contributed by atoms with Gasteiger partial charge in [0, 0.05) is 22.9 Å². The summed E-state index contributed by atoms with van der Waals surface area (Å²) in [4.78, 5) is 18.1. The third-order valence-electron chi connectivity index (χ3n) is 8.71. The Bertz CT molecular complexity index is 1900. The first-order valence-electron chi connectivity index (χ1n) is 17.7. The predicted octanol–water partition coefficient (Wildman–Crippen LogP) is 9.63. The van der Waals surface area contributed by atoms with Crippen LogP contribution in [0.4, 0.5) is 4.39 Å². The van der Waals surface area contributed by atoms with Crippen molar-refractivity contribution >= 4 is 35.5 Å². The van der Waals surface area contributed by atoms with Crippen molar-refractivity contribution in [2.75, 3.05) is 13.4 Å². The molecule has 6 rings (SSSR count). The monoisotopic (exact) mass is 725 g/mol. The average molecular weight is 726 g/mol. The lowest BCUT2D eigenvalue weighted by atomic mass is 9.82.